The summed E-state index contributed by atoms with van der Waals surface area (Å²) in [6.45, 7) is 13.8. The van der Waals surface area contributed by atoms with Crippen LogP contribution in [0, 0.1) is 6.13 Å². The van der Waals surface area contributed by atoms with Gasteiger partial charge in [-0.1, -0.05) is 34.1 Å². The Morgan fingerprint density at radius 2 is 1.79 bits per heavy atom. The van der Waals surface area contributed by atoms with Crippen molar-refractivity contribution < 1.29 is 18.7 Å². The fraction of sp³-hybridized carbons (Fsp3) is 0.560. The predicted octanol–water partition coefficient (Wildman–Crippen LogP) is 8.53. The first-order valence-electron chi connectivity index (χ1n) is 11.4. The molecule has 2 heterocycles. The van der Waals surface area contributed by atoms with Crippen LogP contribution in [0.15, 0.2) is 39.5 Å². The van der Waals surface area contributed by atoms with Gasteiger partial charge in [-0.2, -0.15) is 0 Å². The minimum Gasteiger partial charge on any atom is -0.483 e. The first kappa shape index (κ1) is 34.7. The van der Waals surface area contributed by atoms with Gasteiger partial charge in [0.05, 0.1) is 10.6 Å². The third-order valence-corrected chi connectivity index (χ3v) is 5.68. The summed E-state index contributed by atoms with van der Waals surface area (Å²) < 4.78 is 27.1. The number of carbonyl (C=O) groups is 1. The average Bonchev–Trinajstić information content (AvgIpc) is 3.50. The number of allylic oxidation sites excluding steroid dienone is 4. The van der Waals surface area contributed by atoms with E-state index in [1.807, 2.05) is 19.9 Å². The molecule has 9 heteroatoms. The molecule has 1 aliphatic heterocycles. The number of thiol groups is 1. The summed E-state index contributed by atoms with van der Waals surface area (Å²) in [4.78, 5) is 16.1. The summed E-state index contributed by atoms with van der Waals surface area (Å²) >= 11 is 5.12. The molecular weight excluding hydrogens is 493 g/mol. The molecule has 1 aliphatic rings. The van der Waals surface area contributed by atoms with Gasteiger partial charge in [0, 0.05) is 18.8 Å². The Kier molecular flexibility index (Phi) is 22.5. The first-order chi connectivity index (χ1) is 16.2. The van der Waals surface area contributed by atoms with Gasteiger partial charge in [-0.25, -0.2) is 13.8 Å². The van der Waals surface area contributed by atoms with E-state index in [1.165, 1.54) is 24.8 Å². The molecule has 0 bridgehead atoms. The van der Waals surface area contributed by atoms with Gasteiger partial charge in [0.2, 0.25) is 0 Å². The van der Waals surface area contributed by atoms with Crippen LogP contribution >= 0.6 is 30.8 Å². The van der Waals surface area contributed by atoms with E-state index in [4.69, 9.17) is 9.90 Å². The van der Waals surface area contributed by atoms with Crippen molar-refractivity contribution in [1.29, 1.82) is 0 Å². The molecule has 2 rings (SSSR count). The monoisotopic (exact) mass is 533 g/mol. The summed E-state index contributed by atoms with van der Waals surface area (Å²) in [5, 5.41) is 8.97. The minimum absolute atomic E-state index is 0.0885. The zero-order valence-electron chi connectivity index (χ0n) is 21.2. The number of hydrogen-bond donors (Lipinski definition) is 2. The summed E-state index contributed by atoms with van der Waals surface area (Å²) in [7, 11) is 0.611. The molecule has 0 radical (unpaired) electrons. The zero-order chi connectivity index (χ0) is 26.5. The van der Waals surface area contributed by atoms with Crippen LogP contribution in [0.5, 0.6) is 0 Å². The van der Waals surface area contributed by atoms with E-state index in [9.17, 15) is 8.78 Å². The van der Waals surface area contributed by atoms with E-state index < -0.39 is 6.43 Å². The molecule has 1 aromatic rings. The van der Waals surface area contributed by atoms with Crippen molar-refractivity contribution in [2.45, 2.75) is 80.1 Å². The summed E-state index contributed by atoms with van der Waals surface area (Å²) in [5.74, 6) is 0. The van der Waals surface area contributed by atoms with Crippen molar-refractivity contribution in [3.8, 4) is 6.13 Å². The van der Waals surface area contributed by atoms with Crippen molar-refractivity contribution in [2.75, 3.05) is 13.1 Å². The molecule has 1 fully saturated rings. The molecule has 1 saturated heterocycles. The summed E-state index contributed by atoms with van der Waals surface area (Å²) in [5.41, 5.74) is 3.53. The van der Waals surface area contributed by atoms with E-state index in [0.717, 1.165) is 30.1 Å². The molecule has 1 aromatic heterocycles. The number of aryl methyl sites for hydroxylation is 1. The number of halogens is 2. The second-order valence-corrected chi connectivity index (χ2v) is 9.23. The van der Waals surface area contributed by atoms with Gasteiger partial charge in [0.15, 0.2) is 0 Å². The standard InChI is InChI=1S/C20H28F2N2S.C3H8.CH2O2.CH2PS/c1-5-14(3)19(20(21)22)23-17(18-12-16(6-2)13-25-18)11-15(4)24-9-7-8-10-24;1-3-2;2-1-3;1-2-3/h11-13,20H,5-10H2,1-4H3;3H2,1-2H3;1H,(H,2,3);1,3H/q;;;+1/b15-11+,19-14+,23-17+;;;. The first-order valence-corrected chi connectivity index (χ1v) is 14.4. The molecule has 0 spiro atoms. The van der Waals surface area contributed by atoms with Crippen LogP contribution in [-0.4, -0.2) is 41.7 Å². The minimum atomic E-state index is -2.55. The van der Waals surface area contributed by atoms with E-state index in [-0.39, 0.29) is 12.2 Å². The number of nitrogens with zero attached hydrogens (tertiary/aromatic N) is 2. The Balaban J connectivity index is 0. The molecule has 0 saturated carbocycles. The second-order valence-electron chi connectivity index (χ2n) is 7.40. The molecule has 0 unspecified atom stereocenters. The van der Waals surface area contributed by atoms with Crippen molar-refractivity contribution >= 4 is 43.0 Å². The number of rotatable bonds is 7. The van der Waals surface area contributed by atoms with Gasteiger partial charge < -0.3 is 10.0 Å². The smallest absolute Gasteiger partial charge is 0.290 e. The molecule has 0 amide bonds. The topological polar surface area (TPSA) is 52.9 Å². The molecular formula is C25H40F2N2O2PS2+. The van der Waals surface area contributed by atoms with Gasteiger partial charge in [0.25, 0.3) is 12.9 Å². The number of alkyl halides is 2. The van der Waals surface area contributed by atoms with Crippen LogP contribution in [0.2, 0.25) is 0 Å². The maximum atomic E-state index is 13.5. The molecule has 0 aliphatic carbocycles. The van der Waals surface area contributed by atoms with Gasteiger partial charge in [0.1, 0.15) is 5.70 Å². The van der Waals surface area contributed by atoms with Crippen LogP contribution < -0.4 is 0 Å². The molecule has 1 N–H and O–H groups in total. The Morgan fingerprint density at radius 3 is 2.18 bits per heavy atom. The zero-order valence-corrected chi connectivity index (χ0v) is 23.8. The Morgan fingerprint density at radius 1 is 1.29 bits per heavy atom. The third-order valence-electron chi connectivity index (χ3n) is 4.68. The summed E-state index contributed by atoms with van der Waals surface area (Å²) in [6, 6.07) is 2.07. The van der Waals surface area contributed by atoms with Crippen LogP contribution in [0.3, 0.4) is 0 Å². The van der Waals surface area contributed by atoms with E-state index in [0.29, 0.717) is 24.9 Å². The summed E-state index contributed by atoms with van der Waals surface area (Å²) in [6.07, 6.45) is 9.24. The molecule has 192 valence electrons. The Bertz CT molecular complexity index is 825. The van der Waals surface area contributed by atoms with Crippen molar-refractivity contribution in [3.05, 3.63) is 44.9 Å². The van der Waals surface area contributed by atoms with E-state index in [1.54, 1.807) is 18.3 Å². The molecule has 0 aromatic carbocycles. The second kappa shape index (κ2) is 22.0. The SMILES string of the molecule is C#[P+]S.CC/C(C)=C(/N=C(\C=C(/C)N1CCCC1)c1cc(CC)cs1)C(F)F.CCC.O=CO. The van der Waals surface area contributed by atoms with Crippen LogP contribution in [0.25, 0.3) is 0 Å². The maximum Gasteiger partial charge on any atom is 0.290 e. The average molecular weight is 534 g/mol. The predicted molar refractivity (Wildman–Crippen MR) is 149 cm³/mol. The van der Waals surface area contributed by atoms with Crippen LogP contribution in [0.1, 0.15) is 77.7 Å². The Hall–Kier alpha value is -1.46. The largest absolute Gasteiger partial charge is 0.483 e. The fourth-order valence-corrected chi connectivity index (χ4v) is 3.81. The maximum absolute atomic E-state index is 13.5. The van der Waals surface area contributed by atoms with Gasteiger partial charge in [-0.3, -0.25) is 4.79 Å². The Labute approximate surface area is 215 Å². The van der Waals surface area contributed by atoms with Crippen LogP contribution in [0.4, 0.5) is 8.78 Å². The molecule has 34 heavy (non-hydrogen) atoms. The van der Waals surface area contributed by atoms with Crippen molar-refractivity contribution in [2.24, 2.45) is 4.99 Å². The van der Waals surface area contributed by atoms with E-state index >= 15 is 0 Å². The third kappa shape index (κ3) is 14.7. The van der Waals surface area contributed by atoms with Gasteiger partial charge >= 0.3 is 25.6 Å². The quantitative estimate of drug-likeness (QED) is 0.160. The number of thiophene rings is 1. The number of aliphatic imine (C=N–C) groups is 1. The van der Waals surface area contributed by atoms with Crippen molar-refractivity contribution in [1.82, 2.24) is 4.90 Å². The van der Waals surface area contributed by atoms with Crippen molar-refractivity contribution in [3.63, 3.8) is 0 Å². The van der Waals surface area contributed by atoms with E-state index in [2.05, 4.69) is 60.5 Å². The van der Waals surface area contributed by atoms with Gasteiger partial charge in [-0.15, -0.1) is 11.3 Å². The van der Waals surface area contributed by atoms with Crippen LogP contribution in [-0.2, 0) is 11.2 Å². The fourth-order valence-electron chi connectivity index (χ4n) is 2.85. The van der Waals surface area contributed by atoms with Gasteiger partial charge in [-0.05, 0) is 68.2 Å². The molecule has 0 atom stereocenters. The number of hydrogen-bond acceptors (Lipinski definition) is 5. The number of carboxylic acid groups (broad SMARTS) is 1. The number of likely N-dealkylation sites (tertiary alicyclic amines) is 1. The normalized spacial score (nSPS) is 14.1. The molecule has 4 nitrogen and oxygen atoms in total.